The van der Waals surface area contributed by atoms with Crippen molar-refractivity contribution in [3.8, 4) is 0 Å². The Morgan fingerprint density at radius 2 is 1.89 bits per heavy atom. The van der Waals surface area contributed by atoms with Gasteiger partial charge in [-0.05, 0) is 35.1 Å². The second-order valence-electron chi connectivity index (χ2n) is 5.57. The van der Waals surface area contributed by atoms with Gasteiger partial charge >= 0.3 is 0 Å². The van der Waals surface area contributed by atoms with Crippen molar-refractivity contribution in [1.82, 2.24) is 0 Å². The molecule has 0 radical (unpaired) electrons. The molecule has 0 aromatic heterocycles. The Labute approximate surface area is 108 Å². The number of hydrogen-bond donors (Lipinski definition) is 0. The van der Waals surface area contributed by atoms with Gasteiger partial charge in [0.25, 0.3) is 0 Å². The number of ketones is 1. The summed E-state index contributed by atoms with van der Waals surface area (Å²) in [6, 6.07) is 12.5. The Morgan fingerprint density at radius 3 is 2.67 bits per heavy atom. The molecule has 1 heteroatoms. The van der Waals surface area contributed by atoms with Crippen molar-refractivity contribution in [1.29, 1.82) is 0 Å². The Morgan fingerprint density at radius 1 is 1.11 bits per heavy atom. The molecule has 0 spiro atoms. The SMILES string of the molecule is CC(C)C1CCc2ccc3ccccc3c2C1=O. The van der Waals surface area contributed by atoms with Gasteiger partial charge in [-0.15, -0.1) is 0 Å². The van der Waals surface area contributed by atoms with Gasteiger partial charge in [0.2, 0.25) is 0 Å². The molecular formula is C17H18O. The number of hydrogen-bond acceptors (Lipinski definition) is 1. The summed E-state index contributed by atoms with van der Waals surface area (Å²) >= 11 is 0. The quantitative estimate of drug-likeness (QED) is 0.726. The van der Waals surface area contributed by atoms with E-state index in [-0.39, 0.29) is 5.92 Å². The van der Waals surface area contributed by atoms with Gasteiger partial charge in [-0.3, -0.25) is 4.79 Å². The molecular weight excluding hydrogens is 220 g/mol. The third-order valence-corrected chi connectivity index (χ3v) is 4.13. The molecule has 0 N–H and O–H groups in total. The minimum absolute atomic E-state index is 0.198. The van der Waals surface area contributed by atoms with E-state index in [1.54, 1.807) is 0 Å². The monoisotopic (exact) mass is 238 g/mol. The summed E-state index contributed by atoms with van der Waals surface area (Å²) in [5, 5.41) is 2.30. The van der Waals surface area contributed by atoms with Crippen LogP contribution in [0.1, 0.15) is 36.2 Å². The average molecular weight is 238 g/mol. The maximum absolute atomic E-state index is 12.7. The van der Waals surface area contributed by atoms with E-state index in [1.807, 2.05) is 12.1 Å². The highest BCUT2D eigenvalue weighted by atomic mass is 16.1. The van der Waals surface area contributed by atoms with Gasteiger partial charge in [0.05, 0.1) is 0 Å². The van der Waals surface area contributed by atoms with Gasteiger partial charge in [0, 0.05) is 11.5 Å². The second-order valence-corrected chi connectivity index (χ2v) is 5.57. The van der Waals surface area contributed by atoms with Gasteiger partial charge < -0.3 is 0 Å². The molecule has 1 nitrogen and oxygen atoms in total. The zero-order valence-electron chi connectivity index (χ0n) is 10.9. The topological polar surface area (TPSA) is 17.1 Å². The lowest BCUT2D eigenvalue weighted by Gasteiger charge is -2.27. The van der Waals surface area contributed by atoms with Crippen molar-refractivity contribution in [2.24, 2.45) is 11.8 Å². The predicted molar refractivity (Wildman–Crippen MR) is 74.9 cm³/mol. The molecule has 1 atom stereocenters. The molecule has 18 heavy (non-hydrogen) atoms. The van der Waals surface area contributed by atoms with Gasteiger partial charge in [-0.1, -0.05) is 50.2 Å². The molecule has 2 aromatic carbocycles. The van der Waals surface area contributed by atoms with E-state index in [0.29, 0.717) is 11.7 Å². The molecule has 1 aliphatic rings. The molecule has 3 rings (SSSR count). The van der Waals surface area contributed by atoms with Crippen LogP contribution in [0.5, 0.6) is 0 Å². The van der Waals surface area contributed by atoms with Gasteiger partial charge in [0.1, 0.15) is 0 Å². The van der Waals surface area contributed by atoms with Crippen LogP contribution in [0.4, 0.5) is 0 Å². The first-order chi connectivity index (χ1) is 8.68. The Kier molecular flexibility index (Phi) is 2.70. The maximum atomic E-state index is 12.7. The van der Waals surface area contributed by atoms with Crippen LogP contribution in [-0.2, 0) is 6.42 Å². The standard InChI is InChI=1S/C17H18O/c1-11(2)14-10-9-13-8-7-12-5-3-4-6-15(12)16(13)17(14)18/h3-8,11,14H,9-10H2,1-2H3. The average Bonchev–Trinajstić information content (AvgIpc) is 2.38. The zero-order valence-corrected chi connectivity index (χ0v) is 10.9. The molecule has 92 valence electrons. The van der Waals surface area contributed by atoms with E-state index in [2.05, 4.69) is 38.1 Å². The molecule has 0 fully saturated rings. The Hall–Kier alpha value is -1.63. The fourth-order valence-electron chi connectivity index (χ4n) is 3.08. The van der Waals surface area contributed by atoms with E-state index >= 15 is 0 Å². The third-order valence-electron chi connectivity index (χ3n) is 4.13. The van der Waals surface area contributed by atoms with Crippen molar-refractivity contribution in [3.05, 3.63) is 47.5 Å². The van der Waals surface area contributed by atoms with E-state index in [1.165, 1.54) is 10.9 Å². The molecule has 1 unspecified atom stereocenters. The number of carbonyl (C=O) groups is 1. The third kappa shape index (κ3) is 1.66. The van der Waals surface area contributed by atoms with Crippen molar-refractivity contribution in [3.63, 3.8) is 0 Å². The van der Waals surface area contributed by atoms with E-state index in [4.69, 9.17) is 0 Å². The summed E-state index contributed by atoms with van der Waals surface area (Å²) in [4.78, 5) is 12.7. The molecule has 0 saturated heterocycles. The highest BCUT2D eigenvalue weighted by Gasteiger charge is 2.30. The van der Waals surface area contributed by atoms with Crippen LogP contribution in [0, 0.1) is 11.8 Å². The summed E-state index contributed by atoms with van der Waals surface area (Å²) in [6.45, 7) is 4.30. The van der Waals surface area contributed by atoms with E-state index < -0.39 is 0 Å². The lowest BCUT2D eigenvalue weighted by molar-refractivity contribution is 0.0866. The number of aryl methyl sites for hydroxylation is 1. The molecule has 0 bridgehead atoms. The molecule has 0 saturated carbocycles. The highest BCUT2D eigenvalue weighted by molar-refractivity contribution is 6.11. The fourth-order valence-corrected chi connectivity index (χ4v) is 3.08. The van der Waals surface area contributed by atoms with Crippen LogP contribution in [-0.4, -0.2) is 5.78 Å². The smallest absolute Gasteiger partial charge is 0.167 e. The second kappa shape index (κ2) is 4.24. The van der Waals surface area contributed by atoms with Crippen LogP contribution >= 0.6 is 0 Å². The number of carbonyl (C=O) groups excluding carboxylic acids is 1. The van der Waals surface area contributed by atoms with Crippen LogP contribution in [0.15, 0.2) is 36.4 Å². The molecule has 0 heterocycles. The molecule has 2 aromatic rings. The number of benzene rings is 2. The largest absolute Gasteiger partial charge is 0.294 e. The first kappa shape index (κ1) is 11.5. The van der Waals surface area contributed by atoms with Crippen molar-refractivity contribution in [2.45, 2.75) is 26.7 Å². The number of Topliss-reactive ketones (excluding diaryl/α,β-unsaturated/α-hetero) is 1. The van der Waals surface area contributed by atoms with Gasteiger partial charge in [0.15, 0.2) is 5.78 Å². The summed E-state index contributed by atoms with van der Waals surface area (Å²) in [7, 11) is 0. The molecule has 1 aliphatic carbocycles. The van der Waals surface area contributed by atoms with Crippen LogP contribution in [0.3, 0.4) is 0 Å². The first-order valence-corrected chi connectivity index (χ1v) is 6.73. The van der Waals surface area contributed by atoms with Crippen LogP contribution in [0.2, 0.25) is 0 Å². The lowest BCUT2D eigenvalue weighted by atomic mass is 9.76. The minimum Gasteiger partial charge on any atom is -0.294 e. The highest BCUT2D eigenvalue weighted by Crippen LogP contribution is 2.34. The summed E-state index contributed by atoms with van der Waals surface area (Å²) in [5.41, 5.74) is 2.22. The number of rotatable bonds is 1. The van der Waals surface area contributed by atoms with Crippen LogP contribution < -0.4 is 0 Å². The van der Waals surface area contributed by atoms with Crippen molar-refractivity contribution >= 4 is 16.6 Å². The Balaban J connectivity index is 2.23. The summed E-state index contributed by atoms with van der Waals surface area (Å²) in [5.74, 6) is 0.982. The Bertz CT molecular complexity index is 610. The number of fused-ring (bicyclic) bond motifs is 3. The maximum Gasteiger partial charge on any atom is 0.167 e. The van der Waals surface area contributed by atoms with Crippen molar-refractivity contribution < 1.29 is 4.79 Å². The van der Waals surface area contributed by atoms with E-state index in [9.17, 15) is 4.79 Å². The van der Waals surface area contributed by atoms with E-state index in [0.717, 1.165) is 23.8 Å². The van der Waals surface area contributed by atoms with Crippen molar-refractivity contribution in [2.75, 3.05) is 0 Å². The summed E-state index contributed by atoms with van der Waals surface area (Å²) in [6.07, 6.45) is 2.04. The fraction of sp³-hybridized carbons (Fsp3) is 0.353. The molecule has 0 amide bonds. The lowest BCUT2D eigenvalue weighted by Crippen LogP contribution is -2.26. The predicted octanol–water partition coefficient (Wildman–Crippen LogP) is 4.24. The first-order valence-electron chi connectivity index (χ1n) is 6.73. The summed E-state index contributed by atoms with van der Waals surface area (Å²) < 4.78 is 0. The van der Waals surface area contributed by atoms with Crippen LogP contribution in [0.25, 0.3) is 10.8 Å². The van der Waals surface area contributed by atoms with Gasteiger partial charge in [-0.25, -0.2) is 0 Å². The zero-order chi connectivity index (χ0) is 12.7. The van der Waals surface area contributed by atoms with Gasteiger partial charge in [-0.2, -0.15) is 0 Å². The minimum atomic E-state index is 0.198. The molecule has 0 aliphatic heterocycles. The normalized spacial score (nSPS) is 19.3.